The first kappa shape index (κ1) is 23.7. The molecule has 0 aliphatic carbocycles. The largest absolute Gasteiger partial charge is 1.00 e. The van der Waals surface area contributed by atoms with Gasteiger partial charge >= 0.3 is 51.4 Å². The fourth-order valence-electron chi connectivity index (χ4n) is 0. The SMILES string of the molecule is [Ag].[Ce].[H-].[K+].[Pt]. The van der Waals surface area contributed by atoms with E-state index in [0.29, 0.717) is 0 Å². The van der Waals surface area contributed by atoms with Crippen molar-refractivity contribution in [2.75, 3.05) is 0 Å². The Kier molecular flexibility index (Phi) is 92.7. The molecule has 0 amide bonds. The van der Waals surface area contributed by atoms with Crippen molar-refractivity contribution in [1.29, 1.82) is 0 Å². The fraction of sp³-hybridized carbons (Fsp3) is 0. The van der Waals surface area contributed by atoms with Gasteiger partial charge in [-0.25, -0.2) is 0 Å². The summed E-state index contributed by atoms with van der Waals surface area (Å²) in [5, 5.41) is 0. The molecule has 0 aliphatic rings. The summed E-state index contributed by atoms with van der Waals surface area (Å²) in [5.74, 6) is 0. The predicted octanol–water partition coefficient (Wildman–Crippen LogP) is -2.89. The van der Waals surface area contributed by atoms with Crippen LogP contribution in [0.15, 0.2) is 0 Å². The third-order valence-electron chi connectivity index (χ3n) is 0. The van der Waals surface area contributed by atoms with E-state index >= 15 is 0 Å². The van der Waals surface area contributed by atoms with Crippen LogP contribution in [0.2, 0.25) is 0 Å². The molecule has 0 unspecified atom stereocenters. The molecule has 4 heteroatoms. The van der Waals surface area contributed by atoms with E-state index in [0.717, 1.165) is 0 Å². The van der Waals surface area contributed by atoms with Crippen LogP contribution in [0.1, 0.15) is 1.43 Å². The van der Waals surface area contributed by atoms with E-state index in [2.05, 4.69) is 0 Å². The van der Waals surface area contributed by atoms with Gasteiger partial charge in [-0.2, -0.15) is 0 Å². The van der Waals surface area contributed by atoms with Crippen molar-refractivity contribution in [3.05, 3.63) is 0 Å². The Labute approximate surface area is 134 Å². The zero-order valence-electron chi connectivity index (χ0n) is 3.12. The van der Waals surface area contributed by atoms with Gasteiger partial charge in [-0.1, -0.05) is 0 Å². The molecule has 0 N–H and O–H groups in total. The van der Waals surface area contributed by atoms with Crippen LogP contribution < -0.4 is 51.4 Å². The van der Waals surface area contributed by atoms with Crippen molar-refractivity contribution in [2.45, 2.75) is 0 Å². The van der Waals surface area contributed by atoms with Crippen molar-refractivity contribution >= 4 is 0 Å². The summed E-state index contributed by atoms with van der Waals surface area (Å²) in [4.78, 5) is 0. The first-order chi connectivity index (χ1) is 0. The monoisotopic (exact) mass is 482 g/mol. The maximum Gasteiger partial charge on any atom is 1.00 e. The second-order valence-corrected chi connectivity index (χ2v) is 0. The Morgan fingerprint density at radius 1 is 1.25 bits per heavy atom. The molecule has 1 radical (unpaired) electrons. The molecule has 27 valence electrons. The minimum atomic E-state index is 0. The number of hydrogen-bond acceptors (Lipinski definition) is 0. The van der Waals surface area contributed by atoms with Crippen molar-refractivity contribution < 1.29 is 138 Å². The summed E-state index contributed by atoms with van der Waals surface area (Å²) in [6.45, 7) is 0. The molecule has 0 heterocycles. The van der Waals surface area contributed by atoms with Crippen LogP contribution in [-0.2, 0) is 43.4 Å². The van der Waals surface area contributed by atoms with Crippen molar-refractivity contribution in [3.8, 4) is 0 Å². The molecular weight excluding hydrogens is 482 g/mol. The average molecular weight is 483 g/mol. The van der Waals surface area contributed by atoms with E-state index in [4.69, 9.17) is 0 Å². The van der Waals surface area contributed by atoms with Gasteiger partial charge in [0.05, 0.1) is 0 Å². The molecule has 0 rings (SSSR count). The maximum absolute atomic E-state index is 0. The first-order valence-electron chi connectivity index (χ1n) is 0. The van der Waals surface area contributed by atoms with Gasteiger partial charge in [0.2, 0.25) is 0 Å². The van der Waals surface area contributed by atoms with Crippen LogP contribution in [0, 0.1) is 41.7 Å². The molecule has 0 aromatic carbocycles. The van der Waals surface area contributed by atoms with E-state index in [1.54, 1.807) is 0 Å². The maximum atomic E-state index is 0. The van der Waals surface area contributed by atoms with Gasteiger partial charge < -0.3 is 1.43 Å². The van der Waals surface area contributed by atoms with Crippen LogP contribution in [0.25, 0.3) is 0 Å². The minimum Gasteiger partial charge on any atom is -1.00 e. The van der Waals surface area contributed by atoms with Gasteiger partial charge in [0, 0.05) is 85.2 Å². The topological polar surface area (TPSA) is 0 Å². The summed E-state index contributed by atoms with van der Waals surface area (Å²) in [5.41, 5.74) is 0. The Hall–Kier alpha value is 4.44. The third-order valence-corrected chi connectivity index (χ3v) is 0. The molecule has 0 aromatic heterocycles. The van der Waals surface area contributed by atoms with Gasteiger partial charge in [0.25, 0.3) is 0 Å². The normalized spacial score (nSPS) is 0. The minimum absolute atomic E-state index is 0. The van der Waals surface area contributed by atoms with E-state index < -0.39 is 0 Å². The Bertz CT molecular complexity index is 11.6. The molecule has 0 nitrogen and oxygen atoms in total. The van der Waals surface area contributed by atoms with Crippen molar-refractivity contribution in [3.63, 3.8) is 0 Å². The quantitative estimate of drug-likeness (QED) is 0.325. The molecule has 0 aromatic rings. The standard InChI is InChI=1S/Ag.Ce.K.Pt.H/q;;+1;;-1. The van der Waals surface area contributed by atoms with Crippen molar-refractivity contribution in [1.82, 2.24) is 0 Å². The zero-order valence-corrected chi connectivity index (χ0v) is 12.1. The molecule has 0 saturated carbocycles. The summed E-state index contributed by atoms with van der Waals surface area (Å²) in [6, 6.07) is 0. The molecule has 0 bridgehead atoms. The Balaban J connectivity index is 0. The van der Waals surface area contributed by atoms with Gasteiger partial charge in [0.15, 0.2) is 0 Å². The summed E-state index contributed by atoms with van der Waals surface area (Å²) in [6.07, 6.45) is 0. The second-order valence-electron chi connectivity index (χ2n) is 0. The molecule has 0 spiro atoms. The van der Waals surface area contributed by atoms with Gasteiger partial charge in [-0.15, -0.1) is 0 Å². The van der Waals surface area contributed by atoms with E-state index in [9.17, 15) is 0 Å². The van der Waals surface area contributed by atoms with Gasteiger partial charge in [-0.3, -0.25) is 0 Å². The molecular formula is HAgCeKPt. The van der Waals surface area contributed by atoms with Gasteiger partial charge in [0.1, 0.15) is 0 Å². The predicted molar refractivity (Wildman–Crippen MR) is 1.11 cm³/mol. The Morgan fingerprint density at radius 2 is 1.25 bits per heavy atom. The molecule has 0 saturated heterocycles. The average Bonchev–Trinajstić information content (AvgIpc) is 0. The number of hydrogen-bond donors (Lipinski definition) is 0. The van der Waals surface area contributed by atoms with Crippen molar-refractivity contribution in [2.24, 2.45) is 0 Å². The first-order valence-corrected chi connectivity index (χ1v) is 0. The van der Waals surface area contributed by atoms with Crippen LogP contribution in [0.3, 0.4) is 0 Å². The molecule has 0 fully saturated rings. The molecule has 0 aliphatic heterocycles. The van der Waals surface area contributed by atoms with Gasteiger partial charge in [-0.05, 0) is 0 Å². The molecule has 0 atom stereocenters. The fourth-order valence-corrected chi connectivity index (χ4v) is 0. The van der Waals surface area contributed by atoms with Crippen LogP contribution in [0.4, 0.5) is 0 Å². The second kappa shape index (κ2) is 15.7. The van der Waals surface area contributed by atoms with E-state index in [1.807, 2.05) is 0 Å². The van der Waals surface area contributed by atoms with Crippen LogP contribution in [-0.4, -0.2) is 0 Å². The third kappa shape index (κ3) is 9.67. The van der Waals surface area contributed by atoms with Crippen LogP contribution >= 0.6 is 0 Å². The summed E-state index contributed by atoms with van der Waals surface area (Å²) < 4.78 is 0. The van der Waals surface area contributed by atoms with E-state index in [1.165, 1.54) is 0 Å². The summed E-state index contributed by atoms with van der Waals surface area (Å²) in [7, 11) is 0. The number of rotatable bonds is 0. The van der Waals surface area contributed by atoms with E-state index in [-0.39, 0.29) is 138 Å². The summed E-state index contributed by atoms with van der Waals surface area (Å²) >= 11 is 0. The smallest absolute Gasteiger partial charge is 1.00 e. The Morgan fingerprint density at radius 3 is 1.25 bits per heavy atom. The van der Waals surface area contributed by atoms with Crippen LogP contribution in [0.5, 0.6) is 0 Å². The zero-order chi connectivity index (χ0) is 0. The molecule has 4 heavy (non-hydrogen) atoms.